The number of methoxy groups -OCH3 is 2. The van der Waals surface area contributed by atoms with E-state index in [0.29, 0.717) is 19.8 Å². The minimum Gasteiger partial charge on any atom is -0.485 e. The van der Waals surface area contributed by atoms with Gasteiger partial charge in [-0.1, -0.05) is 6.58 Å². The number of carbonyl (C=O) groups excluding carboxylic acids is 1. The van der Waals surface area contributed by atoms with E-state index >= 15 is 0 Å². The van der Waals surface area contributed by atoms with Crippen LogP contribution >= 0.6 is 0 Å². The molecule has 0 spiro atoms. The number of carboxylic acids is 1. The Morgan fingerprint density at radius 1 is 1.05 bits per heavy atom. The summed E-state index contributed by atoms with van der Waals surface area (Å²) >= 11 is 0. The zero-order valence-electron chi connectivity index (χ0n) is 11.2. The zero-order chi connectivity index (χ0) is 15.1. The molecule has 0 aromatic rings. The van der Waals surface area contributed by atoms with Crippen molar-refractivity contribution in [3.8, 4) is 0 Å². The quantitative estimate of drug-likeness (QED) is 0.285. The van der Waals surface area contributed by atoms with Gasteiger partial charge in [-0.25, -0.2) is 9.59 Å². The maximum absolute atomic E-state index is 10.3. The standard InChI is InChI=1S/C6H10O4.C6H10O3/c1-5(6(7)8)10-4-3-9-2;1-3-6(7)9-5-4-8-2/h1,3-4H2,2H3,(H,7,8);3H,1,4-5H2,2H3. The molecule has 0 saturated heterocycles. The Labute approximate surface area is 112 Å². The van der Waals surface area contributed by atoms with Crippen LogP contribution in [0.15, 0.2) is 25.0 Å². The van der Waals surface area contributed by atoms with Crippen molar-refractivity contribution in [2.24, 2.45) is 0 Å². The van der Waals surface area contributed by atoms with Crippen LogP contribution in [0.2, 0.25) is 0 Å². The Morgan fingerprint density at radius 3 is 1.89 bits per heavy atom. The molecule has 0 bridgehead atoms. The summed E-state index contributed by atoms with van der Waals surface area (Å²) in [5.74, 6) is -1.81. The molecule has 0 rings (SSSR count). The first-order valence-electron chi connectivity index (χ1n) is 5.31. The lowest BCUT2D eigenvalue weighted by Crippen LogP contribution is -2.07. The third kappa shape index (κ3) is 16.1. The van der Waals surface area contributed by atoms with Gasteiger partial charge in [-0.15, -0.1) is 0 Å². The van der Waals surface area contributed by atoms with Crippen LogP contribution < -0.4 is 0 Å². The zero-order valence-corrected chi connectivity index (χ0v) is 11.2. The predicted octanol–water partition coefficient (Wildman–Crippen LogP) is 0.610. The Morgan fingerprint density at radius 2 is 1.53 bits per heavy atom. The molecular formula is C12H20O7. The SMILES string of the molecule is C=C(OCCOC)C(=O)O.C=CC(=O)OCCOC. The highest BCUT2D eigenvalue weighted by atomic mass is 16.6. The minimum atomic E-state index is -1.14. The lowest BCUT2D eigenvalue weighted by molar-refractivity contribution is -0.139. The second-order valence-corrected chi connectivity index (χ2v) is 2.93. The number of hydrogen-bond donors (Lipinski definition) is 1. The molecule has 0 aliphatic carbocycles. The van der Waals surface area contributed by atoms with E-state index in [4.69, 9.17) is 5.11 Å². The molecule has 0 radical (unpaired) electrons. The van der Waals surface area contributed by atoms with Crippen molar-refractivity contribution < 1.29 is 33.6 Å². The number of esters is 1. The normalized spacial score (nSPS) is 8.74. The molecule has 0 heterocycles. The third-order valence-electron chi connectivity index (χ3n) is 1.50. The first-order valence-corrected chi connectivity index (χ1v) is 5.31. The summed E-state index contributed by atoms with van der Waals surface area (Å²) in [6.07, 6.45) is 1.12. The molecule has 110 valence electrons. The first-order chi connectivity index (χ1) is 8.99. The van der Waals surface area contributed by atoms with Crippen LogP contribution in [-0.2, 0) is 28.5 Å². The smallest absolute Gasteiger partial charge is 0.370 e. The minimum absolute atomic E-state index is 0.224. The molecule has 0 saturated carbocycles. The molecule has 0 aromatic heterocycles. The summed E-state index contributed by atoms with van der Waals surface area (Å²) in [4.78, 5) is 20.3. The third-order valence-corrected chi connectivity index (χ3v) is 1.50. The summed E-state index contributed by atoms with van der Waals surface area (Å²) in [7, 11) is 3.05. The van der Waals surface area contributed by atoms with Gasteiger partial charge in [0.15, 0.2) is 5.76 Å². The van der Waals surface area contributed by atoms with Crippen molar-refractivity contribution >= 4 is 11.9 Å². The first kappa shape index (κ1) is 19.5. The van der Waals surface area contributed by atoms with Crippen molar-refractivity contribution in [3.63, 3.8) is 0 Å². The molecule has 0 fully saturated rings. The van der Waals surface area contributed by atoms with E-state index in [1.807, 2.05) is 0 Å². The number of aliphatic carboxylic acids is 1. The Kier molecular flexibility index (Phi) is 14.6. The lowest BCUT2D eigenvalue weighted by atomic mass is 10.6. The average molecular weight is 276 g/mol. The van der Waals surface area contributed by atoms with Crippen LogP contribution in [0, 0.1) is 0 Å². The molecule has 0 aliphatic heterocycles. The molecule has 0 atom stereocenters. The Bertz CT molecular complexity index is 286. The largest absolute Gasteiger partial charge is 0.485 e. The van der Waals surface area contributed by atoms with Crippen LogP contribution in [0.4, 0.5) is 0 Å². The van der Waals surface area contributed by atoms with E-state index in [1.165, 1.54) is 7.11 Å². The van der Waals surface area contributed by atoms with E-state index in [0.717, 1.165) is 6.08 Å². The highest BCUT2D eigenvalue weighted by Crippen LogP contribution is 1.91. The molecule has 7 heteroatoms. The van der Waals surface area contributed by atoms with Crippen LogP contribution in [0.5, 0.6) is 0 Å². The van der Waals surface area contributed by atoms with Gasteiger partial charge in [-0.05, 0) is 6.58 Å². The van der Waals surface area contributed by atoms with Gasteiger partial charge in [0.05, 0.1) is 13.2 Å². The number of carboxylic acid groups (broad SMARTS) is 1. The van der Waals surface area contributed by atoms with Crippen LogP contribution in [0.1, 0.15) is 0 Å². The topological polar surface area (TPSA) is 91.3 Å². The molecule has 0 unspecified atom stereocenters. The molecule has 7 nitrogen and oxygen atoms in total. The molecule has 0 amide bonds. The van der Waals surface area contributed by atoms with E-state index < -0.39 is 11.9 Å². The van der Waals surface area contributed by atoms with Crippen molar-refractivity contribution in [2.45, 2.75) is 0 Å². The highest BCUT2D eigenvalue weighted by molar-refractivity contribution is 5.83. The second-order valence-electron chi connectivity index (χ2n) is 2.93. The number of rotatable bonds is 9. The van der Waals surface area contributed by atoms with Gasteiger partial charge in [0.1, 0.15) is 13.2 Å². The van der Waals surface area contributed by atoms with Gasteiger partial charge < -0.3 is 24.1 Å². The number of carbonyl (C=O) groups is 2. The van der Waals surface area contributed by atoms with Crippen LogP contribution in [0.3, 0.4) is 0 Å². The fraction of sp³-hybridized carbons (Fsp3) is 0.500. The molecule has 0 aromatic carbocycles. The summed E-state index contributed by atoms with van der Waals surface area (Å²) < 4.78 is 18.4. The number of ether oxygens (including phenoxy) is 4. The van der Waals surface area contributed by atoms with Crippen molar-refractivity contribution in [1.29, 1.82) is 0 Å². The molecule has 0 aliphatic rings. The fourth-order valence-electron chi connectivity index (χ4n) is 0.594. The van der Waals surface area contributed by atoms with Crippen LogP contribution in [-0.4, -0.2) is 57.7 Å². The summed E-state index contributed by atoms with van der Waals surface area (Å²) in [5, 5.41) is 8.22. The second kappa shape index (κ2) is 14.2. The summed E-state index contributed by atoms with van der Waals surface area (Å²) in [5.41, 5.74) is 0. The Balaban J connectivity index is 0. The van der Waals surface area contributed by atoms with E-state index in [-0.39, 0.29) is 12.4 Å². The monoisotopic (exact) mass is 276 g/mol. The van der Waals surface area contributed by atoms with Crippen LogP contribution in [0.25, 0.3) is 0 Å². The molecule has 19 heavy (non-hydrogen) atoms. The fourth-order valence-corrected chi connectivity index (χ4v) is 0.594. The van der Waals surface area contributed by atoms with Gasteiger partial charge in [-0.2, -0.15) is 0 Å². The van der Waals surface area contributed by atoms with Gasteiger partial charge in [-0.3, -0.25) is 0 Å². The lowest BCUT2D eigenvalue weighted by Gasteiger charge is -2.02. The molecular weight excluding hydrogens is 256 g/mol. The molecule has 1 N–H and O–H groups in total. The number of hydrogen-bond acceptors (Lipinski definition) is 6. The van der Waals surface area contributed by atoms with E-state index in [1.54, 1.807) is 7.11 Å². The Hall–Kier alpha value is -1.86. The summed E-state index contributed by atoms with van der Waals surface area (Å²) in [6.45, 7) is 7.69. The van der Waals surface area contributed by atoms with E-state index in [9.17, 15) is 9.59 Å². The maximum Gasteiger partial charge on any atom is 0.370 e. The predicted molar refractivity (Wildman–Crippen MR) is 67.6 cm³/mol. The average Bonchev–Trinajstić information content (AvgIpc) is 2.39. The summed E-state index contributed by atoms with van der Waals surface area (Å²) in [6, 6.07) is 0. The maximum atomic E-state index is 10.3. The van der Waals surface area contributed by atoms with E-state index in [2.05, 4.69) is 32.1 Å². The van der Waals surface area contributed by atoms with Gasteiger partial charge in [0.2, 0.25) is 0 Å². The van der Waals surface area contributed by atoms with Crippen molar-refractivity contribution in [3.05, 3.63) is 25.0 Å². The highest BCUT2D eigenvalue weighted by Gasteiger charge is 2.02. The van der Waals surface area contributed by atoms with Gasteiger partial charge in [0.25, 0.3) is 0 Å². The van der Waals surface area contributed by atoms with Gasteiger partial charge >= 0.3 is 11.9 Å². The van der Waals surface area contributed by atoms with Crippen molar-refractivity contribution in [1.82, 2.24) is 0 Å². The van der Waals surface area contributed by atoms with Crippen molar-refractivity contribution in [2.75, 3.05) is 40.6 Å². The van der Waals surface area contributed by atoms with Gasteiger partial charge in [0, 0.05) is 20.3 Å².